The molecule has 41 heavy (non-hydrogen) atoms. The topological polar surface area (TPSA) is 78.9 Å². The molecule has 0 bridgehead atoms. The second-order valence-electron chi connectivity index (χ2n) is 10.6. The number of piperidine rings is 1. The molecule has 2 aromatic carbocycles. The largest absolute Gasteiger partial charge is 0.496 e. The number of pyridine rings is 1. The average Bonchev–Trinajstić information content (AvgIpc) is 3.52. The molecular formula is C31H32FN5O3S. The van der Waals surface area contributed by atoms with Crippen LogP contribution in [-0.4, -0.2) is 82.9 Å². The van der Waals surface area contributed by atoms with Gasteiger partial charge in [-0.05, 0) is 42.7 Å². The molecule has 2 aliphatic heterocycles. The molecule has 4 heterocycles. The zero-order chi connectivity index (χ0) is 28.3. The predicted molar refractivity (Wildman–Crippen MR) is 156 cm³/mol. The lowest BCUT2D eigenvalue weighted by Gasteiger charge is -2.34. The molecule has 0 N–H and O–H groups in total. The van der Waals surface area contributed by atoms with E-state index in [0.29, 0.717) is 43.3 Å². The van der Waals surface area contributed by atoms with E-state index in [1.807, 2.05) is 51.6 Å². The summed E-state index contributed by atoms with van der Waals surface area (Å²) < 4.78 is 18.7. The van der Waals surface area contributed by atoms with Crippen molar-refractivity contribution in [2.75, 3.05) is 46.4 Å². The maximum atomic E-state index is 13.3. The Morgan fingerprint density at radius 1 is 0.902 bits per heavy atom. The summed E-state index contributed by atoms with van der Waals surface area (Å²) >= 11 is 1.53. The minimum atomic E-state index is -0.231. The number of methoxy groups -OCH3 is 1. The van der Waals surface area contributed by atoms with Crippen molar-refractivity contribution in [3.8, 4) is 5.75 Å². The summed E-state index contributed by atoms with van der Waals surface area (Å²) in [6.45, 7) is 4.78. The number of thiazole rings is 1. The first-order chi connectivity index (χ1) is 20.0. The summed E-state index contributed by atoms with van der Waals surface area (Å²) in [6, 6.07) is 15.9. The van der Waals surface area contributed by atoms with Crippen LogP contribution in [0.5, 0.6) is 5.75 Å². The molecular weight excluding hydrogens is 541 g/mol. The second kappa shape index (κ2) is 11.9. The molecule has 212 valence electrons. The van der Waals surface area contributed by atoms with E-state index in [9.17, 15) is 14.0 Å². The highest BCUT2D eigenvalue weighted by atomic mass is 32.1. The quantitative estimate of drug-likeness (QED) is 0.329. The lowest BCUT2D eigenvalue weighted by molar-refractivity contribution is 0.0623. The van der Waals surface area contributed by atoms with Gasteiger partial charge in [-0.15, -0.1) is 11.3 Å². The van der Waals surface area contributed by atoms with Crippen LogP contribution in [0, 0.1) is 5.82 Å². The van der Waals surface area contributed by atoms with Crippen LogP contribution in [0.1, 0.15) is 50.3 Å². The van der Waals surface area contributed by atoms with Gasteiger partial charge >= 0.3 is 0 Å². The van der Waals surface area contributed by atoms with Crippen LogP contribution in [-0.2, 0) is 6.54 Å². The molecule has 0 aliphatic carbocycles. The summed E-state index contributed by atoms with van der Waals surface area (Å²) in [5, 5.41) is 3.71. The van der Waals surface area contributed by atoms with E-state index in [1.165, 1.54) is 23.5 Å². The first kappa shape index (κ1) is 27.3. The van der Waals surface area contributed by atoms with Crippen LogP contribution in [0.4, 0.5) is 4.39 Å². The molecule has 6 rings (SSSR count). The van der Waals surface area contributed by atoms with Gasteiger partial charge in [0.15, 0.2) is 0 Å². The number of hydrogen-bond acceptors (Lipinski definition) is 7. The van der Waals surface area contributed by atoms with Crippen LogP contribution in [0.15, 0.2) is 60.0 Å². The third-order valence-electron chi connectivity index (χ3n) is 7.97. The number of carbonyl (C=O) groups is 2. The molecule has 4 aromatic rings. The number of aromatic nitrogens is 2. The van der Waals surface area contributed by atoms with Crippen molar-refractivity contribution in [3.63, 3.8) is 0 Å². The number of amides is 2. The standard InChI is InChI=1S/C31H32FN5O3S/c1-40-28-18-26(33-25-5-3-2-4-24(25)28)30(38)36-12-10-22(11-13-36)29-34-27(20-41-29)31(39)37-16-14-35(15-17-37)19-21-6-8-23(32)9-7-21/h2-9,18,20,22H,10-17,19H2,1H3. The fraction of sp³-hybridized carbons (Fsp3) is 0.355. The molecule has 0 spiro atoms. The zero-order valence-corrected chi connectivity index (χ0v) is 23.8. The normalized spacial score (nSPS) is 16.7. The molecule has 10 heteroatoms. The van der Waals surface area contributed by atoms with Crippen LogP contribution >= 0.6 is 11.3 Å². The number of halogens is 1. The van der Waals surface area contributed by atoms with Gasteiger partial charge in [0.05, 0.1) is 17.6 Å². The Kier molecular flexibility index (Phi) is 7.93. The number of rotatable bonds is 6. The van der Waals surface area contributed by atoms with Gasteiger partial charge < -0.3 is 14.5 Å². The maximum Gasteiger partial charge on any atom is 0.273 e. The molecule has 2 saturated heterocycles. The van der Waals surface area contributed by atoms with E-state index in [4.69, 9.17) is 9.72 Å². The van der Waals surface area contributed by atoms with Crippen molar-refractivity contribution < 1.29 is 18.7 Å². The molecule has 0 unspecified atom stereocenters. The molecule has 2 aromatic heterocycles. The predicted octanol–water partition coefficient (Wildman–Crippen LogP) is 4.82. The summed E-state index contributed by atoms with van der Waals surface area (Å²) in [4.78, 5) is 41.8. The number of fused-ring (bicyclic) bond motifs is 1. The first-order valence-corrected chi connectivity index (χ1v) is 14.8. The van der Waals surface area contributed by atoms with Gasteiger partial charge in [-0.1, -0.05) is 24.3 Å². The van der Waals surface area contributed by atoms with Crippen LogP contribution in [0.2, 0.25) is 0 Å². The summed E-state index contributed by atoms with van der Waals surface area (Å²) in [5.41, 5.74) is 2.69. The maximum absolute atomic E-state index is 13.3. The lowest BCUT2D eigenvalue weighted by atomic mass is 9.97. The Balaban J connectivity index is 1.02. The molecule has 0 radical (unpaired) electrons. The third kappa shape index (κ3) is 5.94. The van der Waals surface area contributed by atoms with E-state index >= 15 is 0 Å². The van der Waals surface area contributed by atoms with E-state index < -0.39 is 0 Å². The van der Waals surface area contributed by atoms with E-state index in [2.05, 4.69) is 9.88 Å². The first-order valence-electron chi connectivity index (χ1n) is 13.9. The Morgan fingerprint density at radius 2 is 1.59 bits per heavy atom. The van der Waals surface area contributed by atoms with E-state index in [1.54, 1.807) is 13.2 Å². The number of piperazine rings is 1. The number of nitrogens with zero attached hydrogens (tertiary/aromatic N) is 5. The van der Waals surface area contributed by atoms with E-state index in [-0.39, 0.29) is 23.5 Å². The Hall–Kier alpha value is -3.89. The SMILES string of the molecule is COc1cc(C(=O)N2CCC(c3nc(C(=O)N4CCN(Cc5ccc(F)cc5)CC4)cs3)CC2)nc2ccccc12. The minimum absolute atomic E-state index is 0.0297. The number of likely N-dealkylation sites (tertiary alicyclic amines) is 1. The van der Waals surface area contributed by atoms with Gasteiger partial charge in [0.25, 0.3) is 11.8 Å². The number of carbonyl (C=O) groups excluding carboxylic acids is 2. The third-order valence-corrected chi connectivity index (χ3v) is 8.98. The summed E-state index contributed by atoms with van der Waals surface area (Å²) in [5.74, 6) is 0.504. The number of benzene rings is 2. The second-order valence-corrected chi connectivity index (χ2v) is 11.4. The molecule has 2 fully saturated rings. The van der Waals surface area contributed by atoms with Crippen molar-refractivity contribution in [2.45, 2.75) is 25.3 Å². The van der Waals surface area contributed by atoms with Crippen molar-refractivity contribution in [1.29, 1.82) is 0 Å². The van der Waals surface area contributed by atoms with Gasteiger partial charge in [-0.3, -0.25) is 14.5 Å². The lowest BCUT2D eigenvalue weighted by Crippen LogP contribution is -2.48. The Labute approximate surface area is 242 Å². The highest BCUT2D eigenvalue weighted by Gasteiger charge is 2.29. The van der Waals surface area contributed by atoms with Crippen LogP contribution < -0.4 is 4.74 Å². The zero-order valence-electron chi connectivity index (χ0n) is 23.0. The molecule has 2 amide bonds. The number of para-hydroxylation sites is 1. The number of ether oxygens (including phenoxy) is 1. The van der Waals surface area contributed by atoms with Crippen molar-refractivity contribution >= 4 is 34.1 Å². The molecule has 8 nitrogen and oxygen atoms in total. The molecule has 2 aliphatic rings. The number of hydrogen-bond donors (Lipinski definition) is 0. The highest BCUT2D eigenvalue weighted by Crippen LogP contribution is 2.32. The molecule has 0 atom stereocenters. The average molecular weight is 574 g/mol. The molecule has 0 saturated carbocycles. The van der Waals surface area contributed by atoms with Gasteiger partial charge in [-0.2, -0.15) is 0 Å². The monoisotopic (exact) mass is 573 g/mol. The van der Waals surface area contributed by atoms with Crippen molar-refractivity contribution in [2.24, 2.45) is 0 Å². The van der Waals surface area contributed by atoms with Gasteiger partial charge in [0, 0.05) is 68.6 Å². The summed E-state index contributed by atoms with van der Waals surface area (Å²) in [7, 11) is 1.60. The Bertz CT molecular complexity index is 1540. The highest BCUT2D eigenvalue weighted by molar-refractivity contribution is 7.09. The van der Waals surface area contributed by atoms with E-state index in [0.717, 1.165) is 53.9 Å². The van der Waals surface area contributed by atoms with Crippen LogP contribution in [0.3, 0.4) is 0 Å². The fourth-order valence-corrected chi connectivity index (χ4v) is 6.57. The van der Waals surface area contributed by atoms with Gasteiger partial charge in [0.1, 0.15) is 23.0 Å². The van der Waals surface area contributed by atoms with Crippen LogP contribution in [0.25, 0.3) is 10.9 Å². The smallest absolute Gasteiger partial charge is 0.273 e. The Morgan fingerprint density at radius 3 is 2.32 bits per heavy atom. The minimum Gasteiger partial charge on any atom is -0.496 e. The van der Waals surface area contributed by atoms with Gasteiger partial charge in [-0.25, -0.2) is 14.4 Å². The van der Waals surface area contributed by atoms with Crippen molar-refractivity contribution in [3.05, 3.63) is 87.8 Å². The van der Waals surface area contributed by atoms with Gasteiger partial charge in [0.2, 0.25) is 0 Å². The summed E-state index contributed by atoms with van der Waals surface area (Å²) in [6.07, 6.45) is 1.58. The van der Waals surface area contributed by atoms with Crippen molar-refractivity contribution in [1.82, 2.24) is 24.7 Å². The fourth-order valence-electron chi connectivity index (χ4n) is 5.61.